The van der Waals surface area contributed by atoms with Gasteiger partial charge in [-0.05, 0) is 30.2 Å². The predicted octanol–water partition coefficient (Wildman–Crippen LogP) is 1.14. The number of hydrogen-bond acceptors (Lipinski definition) is 4. The van der Waals surface area contributed by atoms with Gasteiger partial charge in [-0.1, -0.05) is 0 Å². The van der Waals surface area contributed by atoms with Gasteiger partial charge in [0.05, 0.1) is 4.90 Å². The number of nitrogens with one attached hydrogen (secondary N) is 1. The highest BCUT2D eigenvalue weighted by atomic mass is 32.2. The molecule has 2 N–H and O–H groups in total. The second kappa shape index (κ2) is 4.12. The highest BCUT2D eigenvalue weighted by Crippen LogP contribution is 2.44. The lowest BCUT2D eigenvalue weighted by Gasteiger charge is -2.23. The summed E-state index contributed by atoms with van der Waals surface area (Å²) in [6, 6.07) is 5.05. The standard InChI is InChI=1S/C13H16N2O4S/c1-20(18,19)9-2-3-11-10(6-9)13(7-14-11)4-5-15(8-13)12(16)17/h2-3,6,14H,4-5,7-8H2,1H3,(H,16,17). The monoisotopic (exact) mass is 296 g/mol. The average molecular weight is 296 g/mol. The lowest BCUT2D eigenvalue weighted by molar-refractivity contribution is 0.153. The third-order valence-corrected chi connectivity index (χ3v) is 5.34. The van der Waals surface area contributed by atoms with Gasteiger partial charge in [-0.3, -0.25) is 0 Å². The number of fused-ring (bicyclic) bond motifs is 2. The van der Waals surface area contributed by atoms with Gasteiger partial charge in [-0.15, -0.1) is 0 Å². The molecule has 108 valence electrons. The first-order valence-corrected chi connectivity index (χ1v) is 8.27. The summed E-state index contributed by atoms with van der Waals surface area (Å²) in [6.07, 6.45) is 0.976. The Labute approximate surface area is 117 Å². The molecule has 7 heteroatoms. The summed E-state index contributed by atoms with van der Waals surface area (Å²) in [4.78, 5) is 12.8. The number of rotatable bonds is 1. The van der Waals surface area contributed by atoms with E-state index in [-0.39, 0.29) is 10.3 Å². The van der Waals surface area contributed by atoms with Crippen LogP contribution in [-0.4, -0.2) is 50.4 Å². The van der Waals surface area contributed by atoms with Gasteiger partial charge < -0.3 is 15.3 Å². The van der Waals surface area contributed by atoms with E-state index in [1.54, 1.807) is 18.2 Å². The van der Waals surface area contributed by atoms with Crippen molar-refractivity contribution in [2.75, 3.05) is 31.2 Å². The van der Waals surface area contributed by atoms with E-state index in [0.717, 1.165) is 11.3 Å². The molecule has 1 unspecified atom stereocenters. The molecule has 3 rings (SSSR count). The smallest absolute Gasteiger partial charge is 0.407 e. The number of nitrogens with zero attached hydrogens (tertiary/aromatic N) is 1. The molecule has 1 amide bonds. The molecule has 6 nitrogen and oxygen atoms in total. The number of carbonyl (C=O) groups is 1. The number of hydrogen-bond donors (Lipinski definition) is 2. The highest BCUT2D eigenvalue weighted by Gasteiger charge is 2.46. The minimum absolute atomic E-state index is 0.285. The van der Waals surface area contributed by atoms with E-state index in [0.29, 0.717) is 26.1 Å². The van der Waals surface area contributed by atoms with Crippen LogP contribution in [0.5, 0.6) is 0 Å². The predicted molar refractivity (Wildman–Crippen MR) is 73.9 cm³/mol. The topological polar surface area (TPSA) is 86.7 Å². The molecule has 0 bridgehead atoms. The molecule has 0 aromatic heterocycles. The van der Waals surface area contributed by atoms with Gasteiger partial charge in [-0.2, -0.15) is 0 Å². The molecular formula is C13H16N2O4S. The third kappa shape index (κ3) is 1.93. The van der Waals surface area contributed by atoms with Crippen molar-refractivity contribution in [1.82, 2.24) is 4.90 Å². The molecule has 1 fully saturated rings. The average Bonchev–Trinajstić information content (AvgIpc) is 2.95. The minimum Gasteiger partial charge on any atom is -0.465 e. The van der Waals surface area contributed by atoms with Crippen molar-refractivity contribution in [2.24, 2.45) is 0 Å². The molecule has 2 aliphatic rings. The highest BCUT2D eigenvalue weighted by molar-refractivity contribution is 7.90. The van der Waals surface area contributed by atoms with Gasteiger partial charge in [0.15, 0.2) is 9.84 Å². The summed E-state index contributed by atoms with van der Waals surface area (Å²) < 4.78 is 23.4. The summed E-state index contributed by atoms with van der Waals surface area (Å²) in [7, 11) is -3.26. The number of likely N-dealkylation sites (tertiary alicyclic amines) is 1. The van der Waals surface area contributed by atoms with Crippen LogP contribution in [0.15, 0.2) is 23.1 Å². The van der Waals surface area contributed by atoms with Crippen LogP contribution in [0.25, 0.3) is 0 Å². The fourth-order valence-corrected chi connectivity index (χ4v) is 3.75. The summed E-state index contributed by atoms with van der Waals surface area (Å²) in [5, 5.41) is 12.4. The van der Waals surface area contributed by atoms with E-state index in [9.17, 15) is 13.2 Å². The molecule has 1 aromatic rings. The van der Waals surface area contributed by atoms with Crippen molar-refractivity contribution in [3.63, 3.8) is 0 Å². The zero-order chi connectivity index (χ0) is 14.5. The van der Waals surface area contributed by atoms with Crippen LogP contribution in [0.4, 0.5) is 10.5 Å². The molecule has 0 radical (unpaired) electrons. The Bertz CT molecular complexity index is 686. The van der Waals surface area contributed by atoms with E-state index in [4.69, 9.17) is 5.11 Å². The van der Waals surface area contributed by atoms with Crippen LogP contribution in [0.1, 0.15) is 12.0 Å². The van der Waals surface area contributed by atoms with Crippen LogP contribution in [0.3, 0.4) is 0 Å². The minimum atomic E-state index is -3.26. The molecule has 0 saturated carbocycles. The fraction of sp³-hybridized carbons (Fsp3) is 0.462. The maximum Gasteiger partial charge on any atom is 0.407 e. The van der Waals surface area contributed by atoms with Crippen LogP contribution < -0.4 is 5.32 Å². The number of anilines is 1. The van der Waals surface area contributed by atoms with Gasteiger partial charge in [0.2, 0.25) is 0 Å². The Hall–Kier alpha value is -1.76. The molecule has 2 heterocycles. The summed E-state index contributed by atoms with van der Waals surface area (Å²) >= 11 is 0. The molecule has 2 aliphatic heterocycles. The second-order valence-corrected chi connectivity index (χ2v) is 7.58. The molecule has 1 spiro atoms. The summed E-state index contributed by atoms with van der Waals surface area (Å²) in [6.45, 7) is 1.55. The van der Waals surface area contributed by atoms with Crippen LogP contribution >= 0.6 is 0 Å². The van der Waals surface area contributed by atoms with Crippen LogP contribution in [-0.2, 0) is 15.3 Å². The van der Waals surface area contributed by atoms with Crippen LogP contribution in [0.2, 0.25) is 0 Å². The van der Waals surface area contributed by atoms with Gasteiger partial charge >= 0.3 is 6.09 Å². The SMILES string of the molecule is CS(=O)(=O)c1ccc2c(c1)C1(CCN(C(=O)O)C1)CN2. The zero-order valence-corrected chi connectivity index (χ0v) is 11.9. The molecule has 0 aliphatic carbocycles. The normalized spacial score (nSPS) is 24.8. The first-order chi connectivity index (χ1) is 9.32. The number of amides is 1. The molecular weight excluding hydrogens is 280 g/mol. The van der Waals surface area contributed by atoms with Crippen molar-refractivity contribution < 1.29 is 18.3 Å². The van der Waals surface area contributed by atoms with Crippen molar-refractivity contribution >= 4 is 21.6 Å². The maximum absolute atomic E-state index is 11.7. The number of carboxylic acid groups (broad SMARTS) is 1. The zero-order valence-electron chi connectivity index (χ0n) is 11.1. The van der Waals surface area contributed by atoms with Crippen molar-refractivity contribution in [3.05, 3.63) is 23.8 Å². The van der Waals surface area contributed by atoms with E-state index in [1.165, 1.54) is 11.2 Å². The van der Waals surface area contributed by atoms with Crippen molar-refractivity contribution in [3.8, 4) is 0 Å². The van der Waals surface area contributed by atoms with Gasteiger partial charge in [-0.25, -0.2) is 13.2 Å². The molecule has 20 heavy (non-hydrogen) atoms. The Morgan fingerprint density at radius 2 is 2.20 bits per heavy atom. The lowest BCUT2D eigenvalue weighted by atomic mass is 9.82. The molecule has 1 atom stereocenters. The van der Waals surface area contributed by atoms with Gasteiger partial charge in [0.25, 0.3) is 0 Å². The maximum atomic E-state index is 11.7. The molecule has 1 saturated heterocycles. The fourth-order valence-electron chi connectivity index (χ4n) is 3.11. The second-order valence-electron chi connectivity index (χ2n) is 5.57. The first-order valence-electron chi connectivity index (χ1n) is 6.38. The van der Waals surface area contributed by atoms with E-state index in [1.807, 2.05) is 0 Å². The Morgan fingerprint density at radius 3 is 2.80 bits per heavy atom. The van der Waals surface area contributed by atoms with E-state index in [2.05, 4.69) is 5.32 Å². The van der Waals surface area contributed by atoms with E-state index < -0.39 is 15.9 Å². The Kier molecular flexibility index (Phi) is 2.72. The van der Waals surface area contributed by atoms with E-state index >= 15 is 0 Å². The van der Waals surface area contributed by atoms with Crippen LogP contribution in [0, 0.1) is 0 Å². The first kappa shape index (κ1) is 13.2. The van der Waals surface area contributed by atoms with Crippen molar-refractivity contribution in [1.29, 1.82) is 0 Å². The van der Waals surface area contributed by atoms with Crippen molar-refractivity contribution in [2.45, 2.75) is 16.7 Å². The summed E-state index contributed by atoms with van der Waals surface area (Å²) in [5.74, 6) is 0. The number of benzene rings is 1. The lowest BCUT2D eigenvalue weighted by Crippen LogP contribution is -2.35. The Balaban J connectivity index is 2.04. The van der Waals surface area contributed by atoms with Gasteiger partial charge in [0.1, 0.15) is 0 Å². The Morgan fingerprint density at radius 1 is 1.45 bits per heavy atom. The van der Waals surface area contributed by atoms with Gasteiger partial charge in [0, 0.05) is 37.0 Å². The number of sulfone groups is 1. The molecule has 1 aromatic carbocycles. The quantitative estimate of drug-likeness (QED) is 0.811. The summed E-state index contributed by atoms with van der Waals surface area (Å²) in [5.41, 5.74) is 1.53. The third-order valence-electron chi connectivity index (χ3n) is 4.23. The largest absolute Gasteiger partial charge is 0.465 e.